The Morgan fingerprint density at radius 1 is 1.69 bits per heavy atom. The second-order valence-corrected chi connectivity index (χ2v) is 4.20. The molecule has 1 aliphatic rings. The standard InChI is InChI=1S/C9H13BrN2O/c1-7-11-9(10)5-12(7)8-3-2-4-13-6-8/h5,8H,2-4,6H2,1H3. The van der Waals surface area contributed by atoms with E-state index in [4.69, 9.17) is 4.74 Å². The maximum Gasteiger partial charge on any atom is 0.124 e. The van der Waals surface area contributed by atoms with Gasteiger partial charge < -0.3 is 9.30 Å². The number of nitrogens with zero attached hydrogens (tertiary/aromatic N) is 2. The van der Waals surface area contributed by atoms with Crippen LogP contribution in [0.5, 0.6) is 0 Å². The summed E-state index contributed by atoms with van der Waals surface area (Å²) in [4.78, 5) is 4.31. The third-order valence-electron chi connectivity index (χ3n) is 2.42. The minimum atomic E-state index is 0.479. The molecule has 2 heterocycles. The van der Waals surface area contributed by atoms with Crippen LogP contribution in [-0.4, -0.2) is 22.8 Å². The normalized spacial score (nSPS) is 23.4. The summed E-state index contributed by atoms with van der Waals surface area (Å²) < 4.78 is 8.55. The Morgan fingerprint density at radius 2 is 2.54 bits per heavy atom. The van der Waals surface area contributed by atoms with E-state index < -0.39 is 0 Å². The topological polar surface area (TPSA) is 27.1 Å². The molecule has 0 saturated carbocycles. The van der Waals surface area contributed by atoms with Crippen LogP contribution in [0.3, 0.4) is 0 Å². The van der Waals surface area contributed by atoms with E-state index in [2.05, 4.69) is 25.5 Å². The van der Waals surface area contributed by atoms with Gasteiger partial charge in [0, 0.05) is 12.8 Å². The van der Waals surface area contributed by atoms with E-state index in [9.17, 15) is 0 Å². The molecule has 1 aliphatic heterocycles. The third kappa shape index (κ3) is 1.94. The SMILES string of the molecule is Cc1nc(Br)cn1C1CCCOC1. The highest BCUT2D eigenvalue weighted by atomic mass is 79.9. The van der Waals surface area contributed by atoms with Crippen molar-refractivity contribution in [2.75, 3.05) is 13.2 Å². The van der Waals surface area contributed by atoms with Crippen molar-refractivity contribution in [1.29, 1.82) is 0 Å². The Labute approximate surface area is 86.2 Å². The molecule has 13 heavy (non-hydrogen) atoms. The molecule has 0 radical (unpaired) electrons. The molecule has 0 aliphatic carbocycles. The smallest absolute Gasteiger partial charge is 0.124 e. The van der Waals surface area contributed by atoms with Crippen molar-refractivity contribution in [1.82, 2.24) is 9.55 Å². The Morgan fingerprint density at radius 3 is 3.08 bits per heavy atom. The van der Waals surface area contributed by atoms with Crippen LogP contribution in [0.2, 0.25) is 0 Å². The summed E-state index contributed by atoms with van der Waals surface area (Å²) >= 11 is 3.38. The van der Waals surface area contributed by atoms with E-state index in [-0.39, 0.29) is 0 Å². The van der Waals surface area contributed by atoms with Crippen LogP contribution in [-0.2, 0) is 4.74 Å². The van der Waals surface area contributed by atoms with E-state index in [1.807, 2.05) is 13.1 Å². The summed E-state index contributed by atoms with van der Waals surface area (Å²) in [6.45, 7) is 3.76. The molecule has 1 aromatic rings. The van der Waals surface area contributed by atoms with Crippen LogP contribution >= 0.6 is 15.9 Å². The predicted octanol–water partition coefficient (Wildman–Crippen LogP) is 2.31. The average molecular weight is 245 g/mol. The van der Waals surface area contributed by atoms with Gasteiger partial charge in [0.2, 0.25) is 0 Å². The predicted molar refractivity (Wildman–Crippen MR) is 53.8 cm³/mol. The molecule has 0 aromatic carbocycles. The molecular formula is C9H13BrN2O. The van der Waals surface area contributed by atoms with Gasteiger partial charge in [0.1, 0.15) is 10.4 Å². The van der Waals surface area contributed by atoms with Crippen molar-refractivity contribution in [2.45, 2.75) is 25.8 Å². The highest BCUT2D eigenvalue weighted by molar-refractivity contribution is 9.10. The summed E-state index contributed by atoms with van der Waals surface area (Å²) in [7, 11) is 0. The minimum Gasteiger partial charge on any atom is -0.379 e. The first-order valence-electron chi connectivity index (χ1n) is 4.56. The maximum absolute atomic E-state index is 5.44. The number of halogens is 1. The molecule has 0 amide bonds. The first-order chi connectivity index (χ1) is 6.27. The highest BCUT2D eigenvalue weighted by Crippen LogP contribution is 2.22. The van der Waals surface area contributed by atoms with Gasteiger partial charge in [-0.25, -0.2) is 4.98 Å². The lowest BCUT2D eigenvalue weighted by atomic mass is 10.1. The van der Waals surface area contributed by atoms with Gasteiger partial charge in [0.15, 0.2) is 0 Å². The Hall–Kier alpha value is -0.350. The molecule has 2 rings (SSSR count). The van der Waals surface area contributed by atoms with Crippen molar-refractivity contribution in [3.63, 3.8) is 0 Å². The lowest BCUT2D eigenvalue weighted by Gasteiger charge is -2.24. The van der Waals surface area contributed by atoms with E-state index in [1.165, 1.54) is 6.42 Å². The zero-order valence-corrected chi connectivity index (χ0v) is 9.25. The van der Waals surface area contributed by atoms with Crippen molar-refractivity contribution in [3.05, 3.63) is 16.6 Å². The van der Waals surface area contributed by atoms with Gasteiger partial charge in [0.25, 0.3) is 0 Å². The largest absolute Gasteiger partial charge is 0.379 e. The van der Waals surface area contributed by atoms with Crippen molar-refractivity contribution in [3.8, 4) is 0 Å². The number of imidazole rings is 1. The molecular weight excluding hydrogens is 232 g/mol. The molecule has 1 atom stereocenters. The van der Waals surface area contributed by atoms with Crippen molar-refractivity contribution >= 4 is 15.9 Å². The van der Waals surface area contributed by atoms with Crippen molar-refractivity contribution < 1.29 is 4.74 Å². The third-order valence-corrected chi connectivity index (χ3v) is 2.80. The van der Waals surface area contributed by atoms with Crippen LogP contribution in [0.4, 0.5) is 0 Å². The van der Waals surface area contributed by atoms with Crippen LogP contribution in [0.15, 0.2) is 10.8 Å². The quantitative estimate of drug-likeness (QED) is 0.759. The molecule has 3 nitrogen and oxygen atoms in total. The number of rotatable bonds is 1. The Kier molecular flexibility index (Phi) is 2.69. The molecule has 4 heteroatoms. The molecule has 72 valence electrons. The first kappa shape index (κ1) is 9.21. The fraction of sp³-hybridized carbons (Fsp3) is 0.667. The molecule has 0 N–H and O–H groups in total. The fourth-order valence-electron chi connectivity index (χ4n) is 1.76. The van der Waals surface area contributed by atoms with Crippen LogP contribution in [0.1, 0.15) is 24.7 Å². The zero-order chi connectivity index (χ0) is 9.26. The van der Waals surface area contributed by atoms with Gasteiger partial charge in [-0.3, -0.25) is 0 Å². The van der Waals surface area contributed by atoms with Gasteiger partial charge >= 0.3 is 0 Å². The van der Waals surface area contributed by atoms with Crippen molar-refractivity contribution in [2.24, 2.45) is 0 Å². The zero-order valence-electron chi connectivity index (χ0n) is 7.66. The maximum atomic E-state index is 5.44. The Bertz CT molecular complexity index is 292. The summed E-state index contributed by atoms with van der Waals surface area (Å²) in [5.74, 6) is 1.06. The number of hydrogen-bond acceptors (Lipinski definition) is 2. The number of aromatic nitrogens is 2. The number of hydrogen-bond donors (Lipinski definition) is 0. The van der Waals surface area contributed by atoms with Crippen LogP contribution < -0.4 is 0 Å². The lowest BCUT2D eigenvalue weighted by molar-refractivity contribution is 0.0584. The lowest BCUT2D eigenvalue weighted by Crippen LogP contribution is -2.21. The van der Waals surface area contributed by atoms with E-state index in [0.717, 1.165) is 30.1 Å². The van der Waals surface area contributed by atoms with E-state index in [1.54, 1.807) is 0 Å². The first-order valence-corrected chi connectivity index (χ1v) is 5.35. The molecule has 1 unspecified atom stereocenters. The van der Waals surface area contributed by atoms with E-state index >= 15 is 0 Å². The number of aryl methyl sites for hydroxylation is 1. The monoisotopic (exact) mass is 244 g/mol. The Balaban J connectivity index is 2.18. The van der Waals surface area contributed by atoms with Crippen LogP contribution in [0, 0.1) is 6.92 Å². The second-order valence-electron chi connectivity index (χ2n) is 3.39. The summed E-state index contributed by atoms with van der Waals surface area (Å²) in [5, 5.41) is 0. The summed E-state index contributed by atoms with van der Waals surface area (Å²) in [6, 6.07) is 0.479. The average Bonchev–Trinajstić information content (AvgIpc) is 2.47. The fourth-order valence-corrected chi connectivity index (χ4v) is 2.24. The van der Waals surface area contributed by atoms with Gasteiger partial charge in [-0.2, -0.15) is 0 Å². The van der Waals surface area contributed by atoms with Gasteiger partial charge in [-0.05, 0) is 35.7 Å². The molecule has 1 aromatic heterocycles. The van der Waals surface area contributed by atoms with Gasteiger partial charge in [0.05, 0.1) is 12.6 Å². The molecule has 1 saturated heterocycles. The summed E-state index contributed by atoms with van der Waals surface area (Å²) in [5.41, 5.74) is 0. The second kappa shape index (κ2) is 3.80. The molecule has 0 spiro atoms. The number of ether oxygens (including phenoxy) is 1. The summed E-state index contributed by atoms with van der Waals surface area (Å²) in [6.07, 6.45) is 4.39. The van der Waals surface area contributed by atoms with Gasteiger partial charge in [-0.1, -0.05) is 0 Å². The van der Waals surface area contributed by atoms with Crippen LogP contribution in [0.25, 0.3) is 0 Å². The molecule has 1 fully saturated rings. The van der Waals surface area contributed by atoms with Gasteiger partial charge in [-0.15, -0.1) is 0 Å². The minimum absolute atomic E-state index is 0.479. The highest BCUT2D eigenvalue weighted by Gasteiger charge is 2.17. The van der Waals surface area contributed by atoms with E-state index in [0.29, 0.717) is 6.04 Å². The molecule has 0 bridgehead atoms.